The Morgan fingerprint density at radius 1 is 1.11 bits per heavy atom. The Hall–Kier alpha value is -3.32. The molecule has 1 aliphatic rings. The summed E-state index contributed by atoms with van der Waals surface area (Å²) in [6, 6.07) is 10.2. The van der Waals surface area contributed by atoms with E-state index in [1.807, 2.05) is 36.1 Å². The number of hydrogen-bond donors (Lipinski definition) is 4. The van der Waals surface area contributed by atoms with Crippen molar-refractivity contribution in [2.75, 3.05) is 6.54 Å². The SMILES string of the molecule is Cc1ccc(-c2nc3c(c(=O)[nH]2)CCN(Cc2c(O)cc(O)cc2O)C3)cc1. The molecule has 2 aromatic carbocycles. The Morgan fingerprint density at radius 3 is 2.46 bits per heavy atom. The molecule has 144 valence electrons. The lowest BCUT2D eigenvalue weighted by Gasteiger charge is -2.28. The smallest absolute Gasteiger partial charge is 0.254 e. The van der Waals surface area contributed by atoms with Gasteiger partial charge in [0.2, 0.25) is 0 Å². The summed E-state index contributed by atoms with van der Waals surface area (Å²) < 4.78 is 0. The third-order valence-electron chi connectivity index (χ3n) is 5.05. The Balaban J connectivity index is 1.63. The van der Waals surface area contributed by atoms with Crippen molar-refractivity contribution in [3.05, 3.63) is 69.1 Å². The van der Waals surface area contributed by atoms with Gasteiger partial charge in [-0.2, -0.15) is 0 Å². The Labute approximate surface area is 161 Å². The number of hydrogen-bond acceptors (Lipinski definition) is 6. The van der Waals surface area contributed by atoms with Crippen LogP contribution in [0.1, 0.15) is 22.4 Å². The maximum atomic E-state index is 12.5. The van der Waals surface area contributed by atoms with Crippen molar-refractivity contribution in [1.29, 1.82) is 0 Å². The molecule has 7 heteroatoms. The summed E-state index contributed by atoms with van der Waals surface area (Å²) >= 11 is 0. The zero-order valence-corrected chi connectivity index (χ0v) is 15.4. The standard InChI is InChI=1S/C21H21N3O4/c1-12-2-4-13(5-3-12)20-22-17-11-24(7-6-15(17)21(28)23-20)10-16-18(26)8-14(25)9-19(16)27/h2-5,8-9,25-27H,6-7,10-11H2,1H3,(H,22,23,28). The van der Waals surface area contributed by atoms with Crippen molar-refractivity contribution in [3.63, 3.8) is 0 Å². The van der Waals surface area contributed by atoms with Crippen LogP contribution in [-0.2, 0) is 19.5 Å². The number of rotatable bonds is 3. The van der Waals surface area contributed by atoms with Crippen LogP contribution < -0.4 is 5.56 Å². The second kappa shape index (κ2) is 7.01. The van der Waals surface area contributed by atoms with Gasteiger partial charge >= 0.3 is 0 Å². The summed E-state index contributed by atoms with van der Waals surface area (Å²) in [4.78, 5) is 22.0. The van der Waals surface area contributed by atoms with Gasteiger partial charge in [-0.1, -0.05) is 29.8 Å². The first kappa shape index (κ1) is 18.1. The molecule has 0 saturated heterocycles. The maximum absolute atomic E-state index is 12.5. The number of phenols is 3. The third-order valence-corrected chi connectivity index (χ3v) is 5.05. The first-order valence-electron chi connectivity index (χ1n) is 9.06. The normalized spacial score (nSPS) is 14.0. The fraction of sp³-hybridized carbons (Fsp3) is 0.238. The van der Waals surface area contributed by atoms with Gasteiger partial charge in [0, 0.05) is 48.5 Å². The molecule has 4 N–H and O–H groups in total. The van der Waals surface area contributed by atoms with Gasteiger partial charge in [0.05, 0.1) is 5.69 Å². The predicted molar refractivity (Wildman–Crippen MR) is 104 cm³/mol. The molecular formula is C21H21N3O4. The van der Waals surface area contributed by atoms with E-state index in [0.29, 0.717) is 42.2 Å². The first-order valence-corrected chi connectivity index (χ1v) is 9.06. The summed E-state index contributed by atoms with van der Waals surface area (Å²) in [7, 11) is 0. The molecule has 0 bridgehead atoms. The highest BCUT2D eigenvalue weighted by molar-refractivity contribution is 5.55. The molecule has 0 amide bonds. The van der Waals surface area contributed by atoms with Crippen molar-refractivity contribution >= 4 is 0 Å². The molecule has 0 atom stereocenters. The molecule has 1 aromatic heterocycles. The average molecular weight is 379 g/mol. The summed E-state index contributed by atoms with van der Waals surface area (Å²) in [5.41, 5.74) is 3.55. The lowest BCUT2D eigenvalue weighted by Crippen LogP contribution is -2.35. The number of nitrogens with one attached hydrogen (secondary N) is 1. The van der Waals surface area contributed by atoms with Crippen LogP contribution in [0.3, 0.4) is 0 Å². The van der Waals surface area contributed by atoms with Gasteiger partial charge in [-0.25, -0.2) is 4.98 Å². The second-order valence-corrected chi connectivity index (χ2v) is 7.13. The highest BCUT2D eigenvalue weighted by Gasteiger charge is 2.23. The molecule has 0 unspecified atom stereocenters. The Morgan fingerprint density at radius 2 is 1.79 bits per heavy atom. The fourth-order valence-electron chi connectivity index (χ4n) is 3.49. The molecule has 28 heavy (non-hydrogen) atoms. The summed E-state index contributed by atoms with van der Waals surface area (Å²) in [5.74, 6) is 0.00428. The molecule has 7 nitrogen and oxygen atoms in total. The topological polar surface area (TPSA) is 110 Å². The van der Waals surface area contributed by atoms with Crippen molar-refractivity contribution < 1.29 is 15.3 Å². The number of phenolic OH excluding ortho intramolecular Hbond substituents is 3. The minimum Gasteiger partial charge on any atom is -0.508 e. The number of fused-ring (bicyclic) bond motifs is 1. The van der Waals surface area contributed by atoms with Crippen LogP contribution in [-0.4, -0.2) is 36.7 Å². The molecule has 0 aliphatic carbocycles. The molecule has 0 spiro atoms. The number of nitrogens with zero attached hydrogens (tertiary/aromatic N) is 2. The molecule has 0 fully saturated rings. The molecule has 0 saturated carbocycles. The second-order valence-electron chi connectivity index (χ2n) is 7.13. The lowest BCUT2D eigenvalue weighted by molar-refractivity contribution is 0.234. The zero-order valence-electron chi connectivity index (χ0n) is 15.4. The molecular weight excluding hydrogens is 358 g/mol. The number of aryl methyl sites for hydroxylation is 1. The van der Waals surface area contributed by atoms with Gasteiger partial charge in [-0.15, -0.1) is 0 Å². The van der Waals surface area contributed by atoms with Crippen LogP contribution in [0.4, 0.5) is 0 Å². The highest BCUT2D eigenvalue weighted by atomic mass is 16.3. The Bertz CT molecular complexity index is 1070. The minimum absolute atomic E-state index is 0.129. The van der Waals surface area contributed by atoms with E-state index in [1.54, 1.807) is 0 Å². The van der Waals surface area contributed by atoms with Gasteiger partial charge in [-0.3, -0.25) is 9.69 Å². The van der Waals surface area contributed by atoms with E-state index in [0.717, 1.165) is 11.1 Å². The zero-order chi connectivity index (χ0) is 19.8. The monoisotopic (exact) mass is 379 g/mol. The van der Waals surface area contributed by atoms with E-state index in [4.69, 9.17) is 0 Å². The summed E-state index contributed by atoms with van der Waals surface area (Å²) in [5, 5.41) is 29.5. The number of aromatic amines is 1. The molecule has 4 rings (SSSR count). The van der Waals surface area contributed by atoms with Gasteiger partial charge in [-0.05, 0) is 13.3 Å². The lowest BCUT2D eigenvalue weighted by atomic mass is 10.0. The molecule has 1 aliphatic heterocycles. The van der Waals surface area contributed by atoms with Crippen LogP contribution in [0, 0.1) is 6.92 Å². The van der Waals surface area contributed by atoms with Gasteiger partial charge in [0.15, 0.2) is 0 Å². The van der Waals surface area contributed by atoms with E-state index in [1.165, 1.54) is 12.1 Å². The molecule has 3 aromatic rings. The fourth-order valence-corrected chi connectivity index (χ4v) is 3.49. The van der Waals surface area contributed by atoms with Crippen LogP contribution in [0.2, 0.25) is 0 Å². The summed E-state index contributed by atoms with van der Waals surface area (Å²) in [6.45, 7) is 3.31. The number of aromatic hydroxyl groups is 3. The average Bonchev–Trinajstić information content (AvgIpc) is 2.65. The van der Waals surface area contributed by atoms with E-state index >= 15 is 0 Å². The largest absolute Gasteiger partial charge is 0.508 e. The highest BCUT2D eigenvalue weighted by Crippen LogP contribution is 2.33. The van der Waals surface area contributed by atoms with Gasteiger partial charge < -0.3 is 20.3 Å². The first-order chi connectivity index (χ1) is 13.4. The van der Waals surface area contributed by atoms with Gasteiger partial charge in [0.25, 0.3) is 5.56 Å². The number of aromatic nitrogens is 2. The summed E-state index contributed by atoms with van der Waals surface area (Å²) in [6.07, 6.45) is 0.533. The van der Waals surface area contributed by atoms with Crippen LogP contribution in [0.15, 0.2) is 41.2 Å². The van der Waals surface area contributed by atoms with Crippen molar-refractivity contribution in [2.24, 2.45) is 0 Å². The van der Waals surface area contributed by atoms with E-state index in [2.05, 4.69) is 9.97 Å². The van der Waals surface area contributed by atoms with Crippen LogP contribution in [0.25, 0.3) is 11.4 Å². The maximum Gasteiger partial charge on any atom is 0.254 e. The van der Waals surface area contributed by atoms with Crippen molar-refractivity contribution in [2.45, 2.75) is 26.4 Å². The number of H-pyrrole nitrogens is 1. The van der Waals surface area contributed by atoms with Crippen molar-refractivity contribution in [3.8, 4) is 28.6 Å². The van der Waals surface area contributed by atoms with Gasteiger partial charge in [0.1, 0.15) is 23.1 Å². The van der Waals surface area contributed by atoms with Crippen LogP contribution >= 0.6 is 0 Å². The minimum atomic E-state index is -0.196. The third kappa shape index (κ3) is 3.44. The van der Waals surface area contributed by atoms with E-state index in [-0.39, 0.29) is 29.4 Å². The quantitative estimate of drug-likeness (QED) is 0.556. The molecule has 0 radical (unpaired) electrons. The Kier molecular flexibility index (Phi) is 4.52. The van der Waals surface area contributed by atoms with Crippen molar-refractivity contribution in [1.82, 2.24) is 14.9 Å². The van der Waals surface area contributed by atoms with Crippen LogP contribution in [0.5, 0.6) is 17.2 Å². The number of benzene rings is 2. The van der Waals surface area contributed by atoms with E-state index in [9.17, 15) is 20.1 Å². The predicted octanol–water partition coefficient (Wildman–Crippen LogP) is 2.42. The van der Waals surface area contributed by atoms with E-state index < -0.39 is 0 Å². The molecule has 2 heterocycles.